The number of carbonyl (C=O) groups excluding carboxylic acids is 1. The van der Waals surface area contributed by atoms with Gasteiger partial charge in [0.2, 0.25) is 5.79 Å². The molecule has 0 spiro atoms. The van der Waals surface area contributed by atoms with Gasteiger partial charge in [-0.3, -0.25) is 4.79 Å². The molecule has 0 aromatic heterocycles. The van der Waals surface area contributed by atoms with Crippen LogP contribution in [0.25, 0.3) is 0 Å². The van der Waals surface area contributed by atoms with Crippen LogP contribution in [0, 0.1) is 0 Å². The summed E-state index contributed by atoms with van der Waals surface area (Å²) in [4.78, 5) is 10.3. The van der Waals surface area contributed by atoms with Crippen molar-refractivity contribution in [3.8, 4) is 0 Å². The van der Waals surface area contributed by atoms with E-state index in [1.807, 2.05) is 0 Å². The van der Waals surface area contributed by atoms with E-state index in [0.717, 1.165) is 0 Å². The highest BCUT2D eigenvalue weighted by molar-refractivity contribution is 6.26. The van der Waals surface area contributed by atoms with Gasteiger partial charge in [0, 0.05) is 20.6 Å². The van der Waals surface area contributed by atoms with Gasteiger partial charge in [0.25, 0.3) is 0 Å². The highest BCUT2D eigenvalue weighted by Crippen LogP contribution is 2.39. The molecular weight excluding hydrogens is 192 g/mol. The fourth-order valence-electron chi connectivity index (χ4n) is 1.53. The smallest absolute Gasteiger partial charge is 0.207 e. The van der Waals surface area contributed by atoms with Crippen LogP contribution in [0.15, 0.2) is 12.2 Å². The summed E-state index contributed by atoms with van der Waals surface area (Å²) in [5, 5.41) is 0. The largest absolute Gasteiger partial charge is 0.348 e. The molecule has 74 valence electrons. The van der Waals surface area contributed by atoms with E-state index in [1.54, 1.807) is 13.0 Å². The van der Waals surface area contributed by atoms with Crippen LogP contribution in [0.3, 0.4) is 0 Å². The number of hydrogen-bond donors (Lipinski definition) is 0. The Morgan fingerprint density at radius 3 is 2.38 bits per heavy atom. The Labute approximate surface area is 82.7 Å². The topological polar surface area (TPSA) is 35.5 Å². The molecule has 0 radical (unpaired) electrons. The van der Waals surface area contributed by atoms with Crippen LogP contribution in [0.1, 0.15) is 13.3 Å². The lowest BCUT2D eigenvalue weighted by atomic mass is 9.88. The average molecular weight is 205 g/mol. The molecule has 1 atom stereocenters. The molecule has 1 rings (SSSR count). The Hall–Kier alpha value is -0.380. The minimum atomic E-state index is -0.998. The third kappa shape index (κ3) is 1.64. The Kier molecular flexibility index (Phi) is 2.80. The van der Waals surface area contributed by atoms with E-state index in [9.17, 15) is 4.79 Å². The van der Waals surface area contributed by atoms with Gasteiger partial charge in [-0.25, -0.2) is 0 Å². The van der Waals surface area contributed by atoms with Crippen molar-refractivity contribution in [3.05, 3.63) is 12.2 Å². The summed E-state index contributed by atoms with van der Waals surface area (Å²) in [7, 11) is 3.01. The van der Waals surface area contributed by atoms with Crippen molar-refractivity contribution in [2.75, 3.05) is 14.2 Å². The molecule has 0 N–H and O–H groups in total. The Balaban J connectivity index is 3.07. The van der Waals surface area contributed by atoms with E-state index in [0.29, 0.717) is 0 Å². The Morgan fingerprint density at radius 1 is 1.46 bits per heavy atom. The van der Waals surface area contributed by atoms with E-state index in [4.69, 9.17) is 21.1 Å². The molecular formula is C9H13ClO3. The van der Waals surface area contributed by atoms with Crippen molar-refractivity contribution < 1.29 is 14.3 Å². The second-order valence-electron chi connectivity index (χ2n) is 3.25. The van der Waals surface area contributed by atoms with Gasteiger partial charge < -0.3 is 9.47 Å². The molecule has 0 aromatic rings. The zero-order chi connectivity index (χ0) is 10.1. The van der Waals surface area contributed by atoms with Crippen molar-refractivity contribution >= 4 is 17.4 Å². The van der Waals surface area contributed by atoms with Crippen LogP contribution in [0.2, 0.25) is 0 Å². The second-order valence-corrected chi connectivity index (χ2v) is 4.08. The first-order valence-electron chi connectivity index (χ1n) is 3.99. The monoisotopic (exact) mass is 204 g/mol. The lowest BCUT2D eigenvalue weighted by molar-refractivity contribution is -0.195. The number of halogens is 1. The number of ether oxygens (including phenoxy) is 2. The zero-order valence-electron chi connectivity index (χ0n) is 7.96. The molecule has 0 aromatic carbocycles. The van der Waals surface area contributed by atoms with Crippen LogP contribution in [-0.4, -0.2) is 30.7 Å². The van der Waals surface area contributed by atoms with E-state index >= 15 is 0 Å². The summed E-state index contributed by atoms with van der Waals surface area (Å²) in [6.45, 7) is 1.73. The first-order chi connectivity index (χ1) is 5.97. The molecule has 13 heavy (non-hydrogen) atoms. The van der Waals surface area contributed by atoms with E-state index in [-0.39, 0.29) is 12.2 Å². The predicted molar refractivity (Wildman–Crippen MR) is 49.8 cm³/mol. The SMILES string of the molecule is COC1(OC)C=CC(=O)CC1(C)Cl. The fraction of sp³-hybridized carbons (Fsp3) is 0.667. The summed E-state index contributed by atoms with van der Waals surface area (Å²) in [6, 6.07) is 0. The third-order valence-electron chi connectivity index (χ3n) is 2.33. The number of hydrogen-bond acceptors (Lipinski definition) is 3. The predicted octanol–water partition coefficient (Wildman–Crippen LogP) is 1.50. The maximum Gasteiger partial charge on any atom is 0.207 e. The van der Waals surface area contributed by atoms with Gasteiger partial charge in [-0.15, -0.1) is 11.6 Å². The van der Waals surface area contributed by atoms with Crippen LogP contribution in [-0.2, 0) is 14.3 Å². The number of allylic oxidation sites excluding steroid dienone is 1. The van der Waals surface area contributed by atoms with Crippen molar-refractivity contribution in [1.82, 2.24) is 0 Å². The van der Waals surface area contributed by atoms with E-state index in [1.165, 1.54) is 20.3 Å². The van der Waals surface area contributed by atoms with Gasteiger partial charge >= 0.3 is 0 Å². The van der Waals surface area contributed by atoms with Crippen LogP contribution >= 0.6 is 11.6 Å². The summed E-state index contributed by atoms with van der Waals surface area (Å²) in [6.07, 6.45) is 3.22. The van der Waals surface area contributed by atoms with Gasteiger partial charge in [0.05, 0.1) is 0 Å². The highest BCUT2D eigenvalue weighted by Gasteiger charge is 2.49. The van der Waals surface area contributed by atoms with Crippen molar-refractivity contribution in [2.45, 2.75) is 24.0 Å². The minimum Gasteiger partial charge on any atom is -0.348 e. The van der Waals surface area contributed by atoms with Crippen molar-refractivity contribution in [1.29, 1.82) is 0 Å². The van der Waals surface area contributed by atoms with Gasteiger partial charge in [-0.1, -0.05) is 0 Å². The molecule has 0 aliphatic heterocycles. The molecule has 4 heteroatoms. The van der Waals surface area contributed by atoms with E-state index < -0.39 is 10.7 Å². The lowest BCUT2D eigenvalue weighted by Crippen LogP contribution is -2.52. The molecule has 1 aliphatic carbocycles. The quantitative estimate of drug-likeness (QED) is 0.505. The molecule has 3 nitrogen and oxygen atoms in total. The number of rotatable bonds is 2. The first-order valence-corrected chi connectivity index (χ1v) is 4.36. The average Bonchev–Trinajstić information content (AvgIpc) is 2.04. The molecule has 0 amide bonds. The van der Waals surface area contributed by atoms with Crippen molar-refractivity contribution in [3.63, 3.8) is 0 Å². The fourth-order valence-corrected chi connectivity index (χ4v) is 1.88. The highest BCUT2D eigenvalue weighted by atomic mass is 35.5. The van der Waals surface area contributed by atoms with Gasteiger partial charge in [0.1, 0.15) is 4.87 Å². The third-order valence-corrected chi connectivity index (χ3v) is 2.72. The summed E-state index contributed by atoms with van der Waals surface area (Å²) in [5.41, 5.74) is 0. The molecule has 0 heterocycles. The molecule has 0 saturated heterocycles. The van der Waals surface area contributed by atoms with E-state index in [2.05, 4.69) is 0 Å². The lowest BCUT2D eigenvalue weighted by Gasteiger charge is -2.41. The summed E-state index contributed by atoms with van der Waals surface area (Å²) >= 11 is 6.17. The van der Waals surface area contributed by atoms with Gasteiger partial charge in [-0.05, 0) is 19.1 Å². The molecule has 0 saturated carbocycles. The van der Waals surface area contributed by atoms with Gasteiger partial charge in [0.15, 0.2) is 5.78 Å². The van der Waals surface area contributed by atoms with Crippen LogP contribution in [0.4, 0.5) is 0 Å². The molecule has 1 unspecified atom stereocenters. The maximum atomic E-state index is 11.1. The first kappa shape index (κ1) is 10.7. The van der Waals surface area contributed by atoms with Gasteiger partial charge in [-0.2, -0.15) is 0 Å². The Bertz CT molecular complexity index is 241. The summed E-state index contributed by atoms with van der Waals surface area (Å²) in [5.74, 6) is -1.01. The summed E-state index contributed by atoms with van der Waals surface area (Å²) < 4.78 is 10.4. The molecule has 1 aliphatic rings. The standard InChI is InChI=1S/C9H13ClO3/c1-8(10)6-7(11)4-5-9(8,12-2)13-3/h4-5H,6H2,1-3H3. The second kappa shape index (κ2) is 3.40. The van der Waals surface area contributed by atoms with Crippen LogP contribution < -0.4 is 0 Å². The Morgan fingerprint density at radius 2 is 2.00 bits per heavy atom. The molecule has 0 fully saturated rings. The number of carbonyl (C=O) groups is 1. The van der Waals surface area contributed by atoms with Crippen LogP contribution in [0.5, 0.6) is 0 Å². The zero-order valence-corrected chi connectivity index (χ0v) is 8.72. The number of alkyl halides is 1. The minimum absolute atomic E-state index is 0.0118. The number of ketones is 1. The van der Waals surface area contributed by atoms with Crippen molar-refractivity contribution in [2.24, 2.45) is 0 Å². The normalized spacial score (nSPS) is 32.2. The number of methoxy groups -OCH3 is 2. The maximum absolute atomic E-state index is 11.1. The molecule has 0 bridgehead atoms.